The van der Waals surface area contributed by atoms with Crippen LogP contribution in [0.15, 0.2) is 5.38 Å². The number of aromatic nitrogens is 1. The molecule has 110 valence electrons. The number of carbonyl (C=O) groups excluding carboxylic acids is 2. The molecule has 1 atom stereocenters. The zero-order chi connectivity index (χ0) is 15.1. The summed E-state index contributed by atoms with van der Waals surface area (Å²) in [4.78, 5) is 27.9. The number of thiazole rings is 1. The van der Waals surface area contributed by atoms with Crippen molar-refractivity contribution in [1.29, 1.82) is 0 Å². The lowest BCUT2D eigenvalue weighted by Gasteiger charge is -2.13. The first kappa shape index (κ1) is 14.8. The highest BCUT2D eigenvalue weighted by Gasteiger charge is 2.40. The maximum atomic E-state index is 12.4. The maximum Gasteiger partial charge on any atom is 0.434 e. The van der Waals surface area contributed by atoms with Gasteiger partial charge in [0.15, 0.2) is 5.69 Å². The molecule has 20 heavy (non-hydrogen) atoms. The Labute approximate surface area is 116 Å². The number of urea groups is 1. The lowest BCUT2D eigenvalue weighted by Crippen LogP contribution is -2.34. The van der Waals surface area contributed by atoms with Crippen LogP contribution in [0.2, 0.25) is 0 Å². The number of alkyl halides is 3. The summed E-state index contributed by atoms with van der Waals surface area (Å²) in [6.07, 6.45) is -4.52. The molecule has 0 radical (unpaired) electrons. The number of imide groups is 1. The second-order valence-corrected chi connectivity index (χ2v) is 5.66. The van der Waals surface area contributed by atoms with Gasteiger partial charge in [-0.2, -0.15) is 13.2 Å². The van der Waals surface area contributed by atoms with Crippen LogP contribution < -0.4 is 5.32 Å². The van der Waals surface area contributed by atoms with Crippen LogP contribution in [0.25, 0.3) is 0 Å². The minimum Gasteiger partial charge on any atom is -0.326 e. The summed E-state index contributed by atoms with van der Waals surface area (Å²) >= 11 is 0.772. The first-order valence-corrected chi connectivity index (χ1v) is 6.71. The van der Waals surface area contributed by atoms with E-state index in [1.54, 1.807) is 13.8 Å². The summed E-state index contributed by atoms with van der Waals surface area (Å²) in [5.74, 6) is -0.521. The molecule has 1 N–H and O–H groups in total. The Morgan fingerprint density at radius 3 is 2.55 bits per heavy atom. The molecular formula is C11H12F3N3O2S. The van der Waals surface area contributed by atoms with E-state index in [2.05, 4.69) is 10.3 Å². The van der Waals surface area contributed by atoms with Crippen molar-refractivity contribution in [3.05, 3.63) is 16.1 Å². The number of hydrogen-bond donors (Lipinski definition) is 1. The fourth-order valence-corrected chi connectivity index (χ4v) is 2.58. The van der Waals surface area contributed by atoms with Crippen molar-refractivity contribution < 1.29 is 22.8 Å². The van der Waals surface area contributed by atoms with Gasteiger partial charge in [-0.1, -0.05) is 13.8 Å². The highest BCUT2D eigenvalue weighted by Crippen LogP contribution is 2.30. The Morgan fingerprint density at radius 1 is 1.45 bits per heavy atom. The monoisotopic (exact) mass is 307 g/mol. The number of rotatable bonds is 3. The molecule has 9 heteroatoms. The van der Waals surface area contributed by atoms with Gasteiger partial charge in [-0.25, -0.2) is 9.78 Å². The molecule has 1 fully saturated rings. The largest absolute Gasteiger partial charge is 0.434 e. The van der Waals surface area contributed by atoms with E-state index in [1.807, 2.05) is 0 Å². The maximum absolute atomic E-state index is 12.4. The number of nitrogens with zero attached hydrogens (tertiary/aromatic N) is 2. The summed E-state index contributed by atoms with van der Waals surface area (Å²) in [6, 6.07) is -1.23. The molecule has 1 unspecified atom stereocenters. The topological polar surface area (TPSA) is 62.3 Å². The van der Waals surface area contributed by atoms with E-state index in [1.165, 1.54) is 0 Å². The third kappa shape index (κ3) is 2.77. The Balaban J connectivity index is 2.12. The van der Waals surface area contributed by atoms with Crippen molar-refractivity contribution in [2.45, 2.75) is 32.6 Å². The van der Waals surface area contributed by atoms with Crippen LogP contribution >= 0.6 is 11.3 Å². The Hall–Kier alpha value is -1.64. The summed E-state index contributed by atoms with van der Waals surface area (Å²) in [7, 11) is 0. The zero-order valence-electron chi connectivity index (χ0n) is 10.7. The van der Waals surface area contributed by atoms with Gasteiger partial charge in [0.05, 0.1) is 6.54 Å². The van der Waals surface area contributed by atoms with Crippen molar-refractivity contribution in [2.75, 3.05) is 0 Å². The summed E-state index contributed by atoms with van der Waals surface area (Å²) in [5.41, 5.74) is -1.01. The van der Waals surface area contributed by atoms with Gasteiger partial charge in [0.2, 0.25) is 0 Å². The van der Waals surface area contributed by atoms with E-state index < -0.39 is 29.9 Å². The van der Waals surface area contributed by atoms with Gasteiger partial charge >= 0.3 is 12.2 Å². The van der Waals surface area contributed by atoms with Crippen LogP contribution in [0, 0.1) is 5.92 Å². The third-order valence-corrected chi connectivity index (χ3v) is 3.69. The van der Waals surface area contributed by atoms with Gasteiger partial charge in [0, 0.05) is 5.38 Å². The standard InChI is InChI=1S/C11H12F3N3O2S/c1-5(2)8-9(18)17(10(19)16-8)3-7-15-6(4-20-7)11(12,13)14/h4-5,8H,3H2,1-2H3,(H,16,19). The second kappa shape index (κ2) is 5.04. The molecule has 0 aliphatic carbocycles. The smallest absolute Gasteiger partial charge is 0.326 e. The van der Waals surface area contributed by atoms with Crippen molar-refractivity contribution >= 4 is 23.3 Å². The predicted octanol–water partition coefficient (Wildman–Crippen LogP) is 2.24. The molecule has 0 aromatic carbocycles. The number of carbonyl (C=O) groups is 2. The van der Waals surface area contributed by atoms with Crippen LogP contribution in [0.1, 0.15) is 24.5 Å². The molecule has 2 heterocycles. The minimum absolute atomic E-state index is 0.0743. The second-order valence-electron chi connectivity index (χ2n) is 4.72. The van der Waals surface area contributed by atoms with Gasteiger partial charge in [-0.05, 0) is 5.92 Å². The van der Waals surface area contributed by atoms with E-state index >= 15 is 0 Å². The fraction of sp³-hybridized carbons (Fsp3) is 0.545. The van der Waals surface area contributed by atoms with Crippen LogP contribution in [-0.4, -0.2) is 27.9 Å². The highest BCUT2D eigenvalue weighted by molar-refractivity contribution is 7.09. The summed E-state index contributed by atoms with van der Waals surface area (Å²) in [5, 5.41) is 3.45. The van der Waals surface area contributed by atoms with Crippen molar-refractivity contribution in [3.63, 3.8) is 0 Å². The molecule has 1 aromatic rings. The molecule has 0 spiro atoms. The number of amides is 3. The van der Waals surface area contributed by atoms with Crippen LogP contribution in [0.4, 0.5) is 18.0 Å². The first-order chi connectivity index (χ1) is 9.20. The van der Waals surface area contributed by atoms with E-state index in [0.717, 1.165) is 21.6 Å². The zero-order valence-corrected chi connectivity index (χ0v) is 11.5. The van der Waals surface area contributed by atoms with Crippen molar-refractivity contribution in [2.24, 2.45) is 5.92 Å². The Bertz CT molecular complexity index is 541. The molecule has 3 amide bonds. The first-order valence-electron chi connectivity index (χ1n) is 5.83. The minimum atomic E-state index is -4.52. The predicted molar refractivity (Wildman–Crippen MR) is 64.8 cm³/mol. The number of halogens is 3. The molecule has 1 aliphatic rings. The van der Waals surface area contributed by atoms with Crippen LogP contribution in [0.5, 0.6) is 0 Å². The van der Waals surface area contributed by atoms with E-state index in [9.17, 15) is 22.8 Å². The van der Waals surface area contributed by atoms with Gasteiger partial charge in [-0.15, -0.1) is 11.3 Å². The number of hydrogen-bond acceptors (Lipinski definition) is 4. The van der Waals surface area contributed by atoms with Crippen molar-refractivity contribution in [1.82, 2.24) is 15.2 Å². The van der Waals surface area contributed by atoms with E-state index in [0.29, 0.717) is 0 Å². The number of nitrogens with one attached hydrogen (secondary N) is 1. The SMILES string of the molecule is CC(C)C1NC(=O)N(Cc2nc(C(F)(F)F)cs2)C1=O. The lowest BCUT2D eigenvalue weighted by molar-refractivity contribution is -0.140. The van der Waals surface area contributed by atoms with Gasteiger partial charge in [0.25, 0.3) is 5.91 Å². The average Bonchev–Trinajstić information content (AvgIpc) is 2.88. The molecule has 1 aromatic heterocycles. The Kier molecular flexibility index (Phi) is 3.72. The molecule has 5 nitrogen and oxygen atoms in total. The molecule has 1 aliphatic heterocycles. The molecule has 1 saturated heterocycles. The Morgan fingerprint density at radius 2 is 2.10 bits per heavy atom. The van der Waals surface area contributed by atoms with Crippen LogP contribution in [-0.2, 0) is 17.5 Å². The van der Waals surface area contributed by atoms with E-state index in [-0.39, 0.29) is 17.5 Å². The molecule has 0 saturated carbocycles. The van der Waals surface area contributed by atoms with Gasteiger partial charge < -0.3 is 5.32 Å². The summed E-state index contributed by atoms with van der Waals surface area (Å²) in [6.45, 7) is 3.31. The lowest BCUT2D eigenvalue weighted by atomic mass is 10.1. The van der Waals surface area contributed by atoms with Gasteiger partial charge in [-0.3, -0.25) is 9.69 Å². The summed E-state index contributed by atoms with van der Waals surface area (Å²) < 4.78 is 37.3. The highest BCUT2D eigenvalue weighted by atomic mass is 32.1. The van der Waals surface area contributed by atoms with Crippen LogP contribution in [0.3, 0.4) is 0 Å². The normalized spacial score (nSPS) is 19.9. The molecular weight excluding hydrogens is 295 g/mol. The van der Waals surface area contributed by atoms with E-state index in [4.69, 9.17) is 0 Å². The molecule has 2 rings (SSSR count). The van der Waals surface area contributed by atoms with Crippen molar-refractivity contribution in [3.8, 4) is 0 Å². The quantitative estimate of drug-likeness (QED) is 0.871. The molecule has 0 bridgehead atoms. The third-order valence-electron chi connectivity index (χ3n) is 2.86. The van der Waals surface area contributed by atoms with Gasteiger partial charge in [0.1, 0.15) is 11.0 Å². The average molecular weight is 307 g/mol. The fourth-order valence-electron chi connectivity index (χ4n) is 1.79.